The van der Waals surface area contributed by atoms with E-state index in [-0.39, 0.29) is 17.4 Å². The third-order valence-corrected chi connectivity index (χ3v) is 5.86. The number of hydrogen-bond acceptors (Lipinski definition) is 5. The Bertz CT molecular complexity index is 1070. The Morgan fingerprint density at radius 2 is 1.74 bits per heavy atom. The van der Waals surface area contributed by atoms with Crippen LogP contribution in [0.4, 0.5) is 13.6 Å². The molecule has 2 aliphatic heterocycles. The summed E-state index contributed by atoms with van der Waals surface area (Å²) in [4.78, 5) is 40.3. The van der Waals surface area contributed by atoms with Crippen LogP contribution in [0.5, 0.6) is 0 Å². The van der Waals surface area contributed by atoms with E-state index in [1.54, 1.807) is 35.2 Å². The van der Waals surface area contributed by atoms with Gasteiger partial charge in [-0.1, -0.05) is 18.2 Å². The van der Waals surface area contributed by atoms with Crippen molar-refractivity contribution in [1.82, 2.24) is 9.80 Å². The van der Waals surface area contributed by atoms with Gasteiger partial charge in [-0.05, 0) is 53.2 Å². The summed E-state index contributed by atoms with van der Waals surface area (Å²) in [6.07, 6.45) is 1.57. The standard InChI is InChI=1S/C22H18F2N2O4S/c23-17-6-3-15(11-18(17)24)13-26-21(28)19(31-22(26)29)12-14-1-4-16(5-2-14)20(27)25-7-9-30-10-8-25/h1-6,11-12H,7-10,13H2. The van der Waals surface area contributed by atoms with Crippen LogP contribution in [0.15, 0.2) is 47.4 Å². The fourth-order valence-electron chi connectivity index (χ4n) is 3.28. The number of carbonyl (C=O) groups excluding carboxylic acids is 3. The molecular weight excluding hydrogens is 426 g/mol. The Morgan fingerprint density at radius 1 is 1.03 bits per heavy atom. The van der Waals surface area contributed by atoms with Crippen molar-refractivity contribution >= 4 is 34.9 Å². The van der Waals surface area contributed by atoms with Gasteiger partial charge in [0.05, 0.1) is 24.7 Å². The van der Waals surface area contributed by atoms with E-state index in [0.29, 0.717) is 43.0 Å². The summed E-state index contributed by atoms with van der Waals surface area (Å²) >= 11 is 0.778. The minimum atomic E-state index is -1.04. The molecule has 31 heavy (non-hydrogen) atoms. The molecule has 6 nitrogen and oxygen atoms in total. The number of amides is 3. The molecule has 2 fully saturated rings. The summed E-state index contributed by atoms with van der Waals surface area (Å²) < 4.78 is 31.7. The lowest BCUT2D eigenvalue weighted by atomic mass is 10.1. The van der Waals surface area contributed by atoms with E-state index in [1.807, 2.05) is 0 Å². The first-order valence-corrected chi connectivity index (χ1v) is 10.4. The molecule has 4 rings (SSSR count). The third-order valence-electron chi connectivity index (χ3n) is 4.95. The second-order valence-electron chi connectivity index (χ2n) is 7.04. The molecule has 0 saturated carbocycles. The molecule has 9 heteroatoms. The maximum Gasteiger partial charge on any atom is 0.293 e. The lowest BCUT2D eigenvalue weighted by Crippen LogP contribution is -2.40. The van der Waals surface area contributed by atoms with Crippen LogP contribution in [0.2, 0.25) is 0 Å². The molecule has 0 radical (unpaired) electrons. The number of hydrogen-bond donors (Lipinski definition) is 0. The minimum Gasteiger partial charge on any atom is -0.378 e. The van der Waals surface area contributed by atoms with Gasteiger partial charge in [0.1, 0.15) is 0 Å². The number of morpholine rings is 1. The topological polar surface area (TPSA) is 66.9 Å². The van der Waals surface area contributed by atoms with E-state index in [0.717, 1.165) is 28.8 Å². The summed E-state index contributed by atoms with van der Waals surface area (Å²) in [6, 6.07) is 10.0. The average molecular weight is 444 g/mol. The van der Waals surface area contributed by atoms with Gasteiger partial charge in [-0.15, -0.1) is 0 Å². The van der Waals surface area contributed by atoms with Crippen LogP contribution >= 0.6 is 11.8 Å². The smallest absolute Gasteiger partial charge is 0.293 e. The van der Waals surface area contributed by atoms with Gasteiger partial charge in [-0.3, -0.25) is 19.3 Å². The highest BCUT2D eigenvalue weighted by atomic mass is 32.2. The number of thioether (sulfide) groups is 1. The average Bonchev–Trinajstić information content (AvgIpc) is 3.04. The Morgan fingerprint density at radius 3 is 2.42 bits per heavy atom. The van der Waals surface area contributed by atoms with E-state index < -0.39 is 22.8 Å². The molecule has 2 saturated heterocycles. The van der Waals surface area contributed by atoms with Crippen LogP contribution < -0.4 is 0 Å². The summed E-state index contributed by atoms with van der Waals surface area (Å²) in [6.45, 7) is 1.98. The number of ether oxygens (including phenoxy) is 1. The van der Waals surface area contributed by atoms with Crippen molar-refractivity contribution in [2.75, 3.05) is 26.3 Å². The van der Waals surface area contributed by atoms with Crippen molar-refractivity contribution < 1.29 is 27.9 Å². The zero-order chi connectivity index (χ0) is 22.0. The van der Waals surface area contributed by atoms with Crippen LogP contribution in [0, 0.1) is 11.6 Å². The summed E-state index contributed by atoms with van der Waals surface area (Å²) in [5, 5.41) is -0.486. The maximum absolute atomic E-state index is 13.4. The van der Waals surface area contributed by atoms with Crippen molar-refractivity contribution in [3.05, 3.63) is 75.7 Å². The SMILES string of the molecule is O=C(c1ccc(C=C2SC(=O)N(Cc3ccc(F)c(F)c3)C2=O)cc1)N1CCOCC1. The zero-order valence-electron chi connectivity index (χ0n) is 16.3. The van der Waals surface area contributed by atoms with E-state index in [1.165, 1.54) is 6.07 Å². The van der Waals surface area contributed by atoms with Crippen molar-refractivity contribution in [3.8, 4) is 0 Å². The molecule has 0 aliphatic carbocycles. The van der Waals surface area contributed by atoms with Gasteiger partial charge in [0.2, 0.25) is 0 Å². The Labute approximate surface area is 181 Å². The molecule has 2 aliphatic rings. The van der Waals surface area contributed by atoms with E-state index in [4.69, 9.17) is 4.74 Å². The summed E-state index contributed by atoms with van der Waals surface area (Å²) in [5.74, 6) is -2.62. The van der Waals surface area contributed by atoms with Crippen LogP contribution in [0.3, 0.4) is 0 Å². The molecule has 0 bridgehead atoms. The fraction of sp³-hybridized carbons (Fsp3) is 0.227. The number of rotatable bonds is 4. The van der Waals surface area contributed by atoms with Gasteiger partial charge < -0.3 is 9.64 Å². The van der Waals surface area contributed by atoms with Crippen molar-refractivity contribution in [2.24, 2.45) is 0 Å². The first kappa shape index (κ1) is 21.2. The lowest BCUT2D eigenvalue weighted by molar-refractivity contribution is -0.123. The van der Waals surface area contributed by atoms with Crippen LogP contribution in [0.25, 0.3) is 6.08 Å². The molecule has 0 spiro atoms. The van der Waals surface area contributed by atoms with E-state index in [2.05, 4.69) is 0 Å². The largest absolute Gasteiger partial charge is 0.378 e. The summed E-state index contributed by atoms with van der Waals surface area (Å²) in [7, 11) is 0. The number of imide groups is 1. The first-order valence-electron chi connectivity index (χ1n) is 9.59. The molecule has 2 aromatic rings. The molecule has 0 unspecified atom stereocenters. The normalized spacial score (nSPS) is 18.2. The number of halogens is 2. The highest BCUT2D eigenvalue weighted by Gasteiger charge is 2.35. The number of carbonyl (C=O) groups is 3. The van der Waals surface area contributed by atoms with Crippen molar-refractivity contribution in [3.63, 3.8) is 0 Å². The first-order chi connectivity index (χ1) is 14.9. The van der Waals surface area contributed by atoms with Crippen LogP contribution in [-0.2, 0) is 16.1 Å². The fourth-order valence-corrected chi connectivity index (χ4v) is 4.12. The van der Waals surface area contributed by atoms with Gasteiger partial charge >= 0.3 is 0 Å². The second-order valence-corrected chi connectivity index (χ2v) is 8.04. The van der Waals surface area contributed by atoms with Crippen molar-refractivity contribution in [1.29, 1.82) is 0 Å². The van der Waals surface area contributed by atoms with Gasteiger partial charge in [0.25, 0.3) is 17.1 Å². The van der Waals surface area contributed by atoms with Crippen LogP contribution in [-0.4, -0.2) is 53.2 Å². The molecule has 0 aromatic heterocycles. The highest BCUT2D eigenvalue weighted by Crippen LogP contribution is 2.33. The predicted molar refractivity (Wildman–Crippen MR) is 111 cm³/mol. The zero-order valence-corrected chi connectivity index (χ0v) is 17.2. The number of benzene rings is 2. The predicted octanol–water partition coefficient (Wildman–Crippen LogP) is 3.67. The van der Waals surface area contributed by atoms with Gasteiger partial charge in [-0.2, -0.15) is 0 Å². The molecule has 2 aromatic carbocycles. The maximum atomic E-state index is 13.4. The molecule has 0 atom stereocenters. The molecule has 2 heterocycles. The highest BCUT2D eigenvalue weighted by molar-refractivity contribution is 8.18. The second kappa shape index (κ2) is 8.99. The molecular formula is C22H18F2N2O4S. The van der Waals surface area contributed by atoms with Gasteiger partial charge in [0, 0.05) is 18.7 Å². The third kappa shape index (κ3) is 4.67. The quantitative estimate of drug-likeness (QED) is 0.674. The molecule has 160 valence electrons. The minimum absolute atomic E-state index is 0.0818. The van der Waals surface area contributed by atoms with Gasteiger partial charge in [0.15, 0.2) is 11.6 Å². The molecule has 0 N–H and O–H groups in total. The molecule has 3 amide bonds. The van der Waals surface area contributed by atoms with E-state index in [9.17, 15) is 23.2 Å². The lowest BCUT2D eigenvalue weighted by Gasteiger charge is -2.26. The number of nitrogens with zero attached hydrogens (tertiary/aromatic N) is 2. The van der Waals surface area contributed by atoms with E-state index >= 15 is 0 Å². The van der Waals surface area contributed by atoms with Crippen LogP contribution in [0.1, 0.15) is 21.5 Å². The Hall–Kier alpha value is -3.04. The van der Waals surface area contributed by atoms with Gasteiger partial charge in [-0.25, -0.2) is 8.78 Å². The summed E-state index contributed by atoms with van der Waals surface area (Å²) in [5.41, 5.74) is 1.51. The van der Waals surface area contributed by atoms with Crippen molar-refractivity contribution in [2.45, 2.75) is 6.54 Å². The monoisotopic (exact) mass is 444 g/mol. The Balaban J connectivity index is 1.46. The Kier molecular flexibility index (Phi) is 6.15.